The molecule has 0 radical (unpaired) electrons. The Balaban J connectivity index is 1.44. The van der Waals surface area contributed by atoms with Crippen LogP contribution in [0.3, 0.4) is 0 Å². The fraction of sp³-hybridized carbons (Fsp3) is 0.300. The molecule has 0 saturated carbocycles. The van der Waals surface area contributed by atoms with Gasteiger partial charge in [0.05, 0.1) is 18.2 Å². The van der Waals surface area contributed by atoms with Crippen molar-refractivity contribution in [2.24, 2.45) is 0 Å². The maximum atomic E-state index is 13.2. The summed E-state index contributed by atoms with van der Waals surface area (Å²) in [5.74, 6) is -1.73. The molecule has 1 amide bonds. The van der Waals surface area contributed by atoms with Gasteiger partial charge in [-0.3, -0.25) is 14.6 Å². The Labute approximate surface area is 156 Å². The highest BCUT2D eigenvalue weighted by Gasteiger charge is 2.19. The summed E-state index contributed by atoms with van der Waals surface area (Å²) in [6, 6.07) is 12.6. The topological polar surface area (TPSA) is 59.4 Å². The van der Waals surface area contributed by atoms with Crippen LogP contribution >= 0.6 is 0 Å². The predicted molar refractivity (Wildman–Crippen MR) is 97.9 cm³/mol. The number of nitriles is 1. The Bertz CT molecular complexity index is 820. The Morgan fingerprint density at radius 2 is 1.59 bits per heavy atom. The smallest absolute Gasteiger partial charge is 0.238 e. The van der Waals surface area contributed by atoms with Crippen molar-refractivity contribution < 1.29 is 13.6 Å². The van der Waals surface area contributed by atoms with Crippen LogP contribution in [0.15, 0.2) is 42.5 Å². The van der Waals surface area contributed by atoms with Crippen molar-refractivity contribution in [2.75, 3.05) is 38.0 Å². The van der Waals surface area contributed by atoms with Gasteiger partial charge in [-0.2, -0.15) is 5.26 Å². The lowest BCUT2D eigenvalue weighted by molar-refractivity contribution is -0.117. The van der Waals surface area contributed by atoms with Crippen molar-refractivity contribution in [1.82, 2.24) is 9.80 Å². The van der Waals surface area contributed by atoms with Crippen molar-refractivity contribution in [1.29, 1.82) is 5.26 Å². The molecule has 0 aromatic heterocycles. The van der Waals surface area contributed by atoms with E-state index in [9.17, 15) is 13.6 Å². The van der Waals surface area contributed by atoms with Gasteiger partial charge in [-0.25, -0.2) is 8.78 Å². The fourth-order valence-corrected chi connectivity index (χ4v) is 3.08. The highest BCUT2D eigenvalue weighted by atomic mass is 19.1. The summed E-state index contributed by atoms with van der Waals surface area (Å²) in [5.41, 5.74) is 1.91. The summed E-state index contributed by atoms with van der Waals surface area (Å²) in [7, 11) is 0. The first kappa shape index (κ1) is 19.0. The van der Waals surface area contributed by atoms with Crippen LogP contribution in [-0.2, 0) is 11.3 Å². The van der Waals surface area contributed by atoms with Gasteiger partial charge in [0.25, 0.3) is 0 Å². The molecule has 1 aliphatic rings. The molecular weight excluding hydrogens is 350 g/mol. The van der Waals surface area contributed by atoms with Gasteiger partial charge in [0.15, 0.2) is 0 Å². The van der Waals surface area contributed by atoms with Crippen LogP contribution in [0.25, 0.3) is 0 Å². The number of nitrogens with one attached hydrogen (secondary N) is 1. The minimum atomic E-state index is -0.721. The average molecular weight is 370 g/mol. The number of carbonyl (C=O) groups is 1. The molecule has 0 unspecified atom stereocenters. The third kappa shape index (κ3) is 5.58. The third-order valence-corrected chi connectivity index (χ3v) is 4.47. The number of halogens is 2. The van der Waals surface area contributed by atoms with E-state index in [4.69, 9.17) is 5.26 Å². The van der Waals surface area contributed by atoms with Crippen LogP contribution in [0.2, 0.25) is 0 Å². The average Bonchev–Trinajstić information content (AvgIpc) is 2.63. The number of hydrogen-bond donors (Lipinski definition) is 1. The van der Waals surface area contributed by atoms with Crippen molar-refractivity contribution in [3.8, 4) is 6.07 Å². The molecular formula is C20H20F2N4O. The first-order valence-corrected chi connectivity index (χ1v) is 8.71. The second-order valence-corrected chi connectivity index (χ2v) is 6.57. The molecule has 2 aromatic rings. The van der Waals surface area contributed by atoms with Crippen molar-refractivity contribution in [3.63, 3.8) is 0 Å². The maximum Gasteiger partial charge on any atom is 0.238 e. The summed E-state index contributed by atoms with van der Waals surface area (Å²) in [4.78, 5) is 16.4. The fourth-order valence-electron chi connectivity index (χ4n) is 3.08. The molecule has 140 valence electrons. The number of nitrogens with zero attached hydrogens (tertiary/aromatic N) is 3. The number of rotatable bonds is 5. The normalized spacial score (nSPS) is 15.3. The Hall–Kier alpha value is -2.82. The molecule has 0 spiro atoms. The van der Waals surface area contributed by atoms with E-state index in [1.165, 1.54) is 0 Å². The molecule has 7 heteroatoms. The first-order chi connectivity index (χ1) is 13.0. The van der Waals surface area contributed by atoms with E-state index in [-0.39, 0.29) is 18.1 Å². The van der Waals surface area contributed by atoms with E-state index in [1.54, 1.807) is 0 Å². The molecule has 3 rings (SSSR count). The molecule has 2 aromatic carbocycles. The second kappa shape index (κ2) is 8.71. The minimum absolute atomic E-state index is 0.122. The number of amides is 1. The van der Waals surface area contributed by atoms with E-state index in [0.29, 0.717) is 5.56 Å². The summed E-state index contributed by atoms with van der Waals surface area (Å²) < 4.78 is 26.4. The number of anilines is 1. The quantitative estimate of drug-likeness (QED) is 0.879. The monoisotopic (exact) mass is 370 g/mol. The van der Waals surface area contributed by atoms with Gasteiger partial charge in [0.2, 0.25) is 5.91 Å². The molecule has 1 heterocycles. The molecule has 0 atom stereocenters. The van der Waals surface area contributed by atoms with Gasteiger partial charge in [0.1, 0.15) is 11.6 Å². The summed E-state index contributed by atoms with van der Waals surface area (Å²) in [6.45, 7) is 4.10. The lowest BCUT2D eigenvalue weighted by atomic mass is 10.1. The van der Waals surface area contributed by atoms with Crippen LogP contribution in [0.5, 0.6) is 0 Å². The van der Waals surface area contributed by atoms with Crippen molar-refractivity contribution in [3.05, 3.63) is 65.2 Å². The lowest BCUT2D eigenvalue weighted by Crippen LogP contribution is -2.48. The zero-order valence-electron chi connectivity index (χ0n) is 14.8. The molecule has 27 heavy (non-hydrogen) atoms. The number of benzene rings is 2. The van der Waals surface area contributed by atoms with E-state index in [0.717, 1.165) is 56.5 Å². The second-order valence-electron chi connectivity index (χ2n) is 6.57. The highest BCUT2D eigenvalue weighted by molar-refractivity contribution is 5.92. The molecule has 0 bridgehead atoms. The van der Waals surface area contributed by atoms with Crippen LogP contribution in [0.1, 0.15) is 11.1 Å². The Kier molecular flexibility index (Phi) is 6.12. The molecule has 5 nitrogen and oxygen atoms in total. The van der Waals surface area contributed by atoms with Crippen LogP contribution in [0.4, 0.5) is 14.5 Å². The number of hydrogen-bond acceptors (Lipinski definition) is 4. The summed E-state index contributed by atoms with van der Waals surface area (Å²) >= 11 is 0. The molecule has 1 N–H and O–H groups in total. The Morgan fingerprint density at radius 1 is 1.00 bits per heavy atom. The van der Waals surface area contributed by atoms with Crippen molar-refractivity contribution in [2.45, 2.75) is 6.54 Å². The van der Waals surface area contributed by atoms with E-state index in [2.05, 4.69) is 16.3 Å². The number of piperazine rings is 1. The van der Waals surface area contributed by atoms with Crippen LogP contribution in [-0.4, -0.2) is 48.4 Å². The van der Waals surface area contributed by atoms with E-state index >= 15 is 0 Å². The molecule has 1 aliphatic heterocycles. The predicted octanol–water partition coefficient (Wildman–Crippen LogP) is 2.59. The van der Waals surface area contributed by atoms with Gasteiger partial charge in [-0.1, -0.05) is 12.1 Å². The lowest BCUT2D eigenvalue weighted by Gasteiger charge is -2.34. The third-order valence-electron chi connectivity index (χ3n) is 4.47. The van der Waals surface area contributed by atoms with E-state index < -0.39 is 11.6 Å². The molecule has 0 aliphatic carbocycles. The summed E-state index contributed by atoms with van der Waals surface area (Å²) in [6.07, 6.45) is 0. The standard InChI is InChI=1S/C20H20F2N4O/c21-17-9-18(22)11-19(10-17)24-20(27)14-26-7-5-25(6-8-26)13-16-3-1-15(12-23)2-4-16/h1-4,9-11H,5-8,13-14H2,(H,24,27). The van der Waals surface area contributed by atoms with Gasteiger partial charge in [0, 0.05) is 44.5 Å². The van der Waals surface area contributed by atoms with Gasteiger partial charge in [-0.05, 0) is 29.8 Å². The molecule has 1 fully saturated rings. The first-order valence-electron chi connectivity index (χ1n) is 8.71. The largest absolute Gasteiger partial charge is 0.325 e. The molecule has 1 saturated heterocycles. The van der Waals surface area contributed by atoms with Gasteiger partial charge < -0.3 is 5.32 Å². The van der Waals surface area contributed by atoms with Crippen LogP contribution < -0.4 is 5.32 Å². The van der Waals surface area contributed by atoms with Gasteiger partial charge >= 0.3 is 0 Å². The maximum absolute atomic E-state index is 13.2. The summed E-state index contributed by atoms with van der Waals surface area (Å²) in [5, 5.41) is 11.4. The number of carbonyl (C=O) groups excluding carboxylic acids is 1. The zero-order chi connectivity index (χ0) is 19.2. The van der Waals surface area contributed by atoms with E-state index in [1.807, 2.05) is 29.2 Å². The van der Waals surface area contributed by atoms with Crippen LogP contribution in [0, 0.1) is 23.0 Å². The zero-order valence-corrected chi connectivity index (χ0v) is 14.8. The highest BCUT2D eigenvalue weighted by Crippen LogP contribution is 2.13. The SMILES string of the molecule is N#Cc1ccc(CN2CCN(CC(=O)Nc3cc(F)cc(F)c3)CC2)cc1. The Morgan fingerprint density at radius 3 is 2.19 bits per heavy atom. The van der Waals surface area contributed by atoms with Gasteiger partial charge in [-0.15, -0.1) is 0 Å². The minimum Gasteiger partial charge on any atom is -0.325 e. The van der Waals surface area contributed by atoms with Crippen molar-refractivity contribution >= 4 is 11.6 Å².